The van der Waals surface area contributed by atoms with E-state index in [-0.39, 0.29) is 5.82 Å². The molecule has 0 N–H and O–H groups in total. The second kappa shape index (κ2) is 3.91. The Bertz CT molecular complexity index is 347. The first-order chi connectivity index (χ1) is 6.38. The lowest BCUT2D eigenvalue weighted by atomic mass is 10.3. The minimum atomic E-state index is -1.76. The highest BCUT2D eigenvalue weighted by Crippen LogP contribution is 2.25. The molecule has 0 bridgehead atoms. The van der Waals surface area contributed by atoms with Gasteiger partial charge in [0.25, 0.3) is 0 Å². The molecule has 0 atom stereocenters. The maximum absolute atomic E-state index is 13.6. The van der Waals surface area contributed by atoms with Gasteiger partial charge in [-0.15, -0.1) is 0 Å². The van der Waals surface area contributed by atoms with Crippen molar-refractivity contribution in [1.82, 2.24) is 0 Å². The summed E-state index contributed by atoms with van der Waals surface area (Å²) >= 11 is 6.07. The van der Waals surface area contributed by atoms with Crippen LogP contribution < -0.4 is 9.92 Å². The molecule has 0 amide bonds. The summed E-state index contributed by atoms with van der Waals surface area (Å²) in [4.78, 5) is 0. The van der Waals surface area contributed by atoms with Crippen molar-refractivity contribution in [2.24, 2.45) is 0 Å². The van der Waals surface area contributed by atoms with E-state index in [1.165, 1.54) is 13.2 Å². The third-order valence-electron chi connectivity index (χ3n) is 2.03. The molecule has 0 aromatic heterocycles. The number of benzene rings is 1. The van der Waals surface area contributed by atoms with Gasteiger partial charge in [-0.3, -0.25) is 0 Å². The number of rotatable bonds is 2. The standard InChI is InChI=1S/C10H14ClFOSi/c1-13-8-6-5-7(12)10(9(8)11)14(2,3)4/h5-6H,1-4H3. The number of methoxy groups -OCH3 is 1. The van der Waals surface area contributed by atoms with Gasteiger partial charge in [-0.05, 0) is 17.3 Å². The van der Waals surface area contributed by atoms with E-state index in [0.29, 0.717) is 16.0 Å². The fraction of sp³-hybridized carbons (Fsp3) is 0.400. The van der Waals surface area contributed by atoms with E-state index in [9.17, 15) is 4.39 Å². The molecule has 1 aromatic rings. The zero-order valence-electron chi connectivity index (χ0n) is 8.82. The van der Waals surface area contributed by atoms with Crippen LogP contribution in [0.15, 0.2) is 12.1 Å². The predicted molar refractivity (Wildman–Crippen MR) is 60.9 cm³/mol. The highest BCUT2D eigenvalue weighted by molar-refractivity contribution is 6.90. The topological polar surface area (TPSA) is 9.23 Å². The Balaban J connectivity index is 3.40. The summed E-state index contributed by atoms with van der Waals surface area (Å²) in [6.45, 7) is 6.16. The molecule has 0 saturated heterocycles. The van der Waals surface area contributed by atoms with E-state index in [1.807, 2.05) is 0 Å². The molecule has 78 valence electrons. The van der Waals surface area contributed by atoms with Crippen molar-refractivity contribution >= 4 is 24.9 Å². The SMILES string of the molecule is COc1ccc(F)c([Si](C)(C)C)c1Cl. The maximum Gasteiger partial charge on any atom is 0.137 e. The molecule has 0 unspecified atom stereocenters. The quantitative estimate of drug-likeness (QED) is 0.713. The van der Waals surface area contributed by atoms with Crippen LogP contribution in [0.25, 0.3) is 0 Å². The average molecular weight is 233 g/mol. The van der Waals surface area contributed by atoms with Crippen LogP contribution in [0.3, 0.4) is 0 Å². The Morgan fingerprint density at radius 2 is 1.86 bits per heavy atom. The van der Waals surface area contributed by atoms with Gasteiger partial charge in [0.15, 0.2) is 0 Å². The molecular weight excluding hydrogens is 219 g/mol. The lowest BCUT2D eigenvalue weighted by molar-refractivity contribution is 0.414. The highest BCUT2D eigenvalue weighted by Gasteiger charge is 2.25. The van der Waals surface area contributed by atoms with Crippen molar-refractivity contribution in [3.63, 3.8) is 0 Å². The lowest BCUT2D eigenvalue weighted by Gasteiger charge is -2.20. The largest absolute Gasteiger partial charge is 0.495 e. The second-order valence-corrected chi connectivity index (χ2v) is 9.57. The van der Waals surface area contributed by atoms with Gasteiger partial charge in [-0.25, -0.2) is 4.39 Å². The summed E-state index contributed by atoms with van der Waals surface area (Å²) in [5, 5.41) is 1.06. The van der Waals surface area contributed by atoms with Gasteiger partial charge < -0.3 is 4.74 Å². The smallest absolute Gasteiger partial charge is 0.137 e. The summed E-state index contributed by atoms with van der Waals surface area (Å²) in [6, 6.07) is 2.97. The lowest BCUT2D eigenvalue weighted by Crippen LogP contribution is -2.41. The van der Waals surface area contributed by atoms with Crippen LogP contribution in [0, 0.1) is 5.82 Å². The van der Waals surface area contributed by atoms with Crippen LogP contribution in [-0.2, 0) is 0 Å². The van der Waals surface area contributed by atoms with E-state index in [1.54, 1.807) is 6.07 Å². The molecule has 1 nitrogen and oxygen atoms in total. The van der Waals surface area contributed by atoms with Crippen molar-refractivity contribution in [3.05, 3.63) is 23.0 Å². The fourth-order valence-corrected chi connectivity index (χ4v) is 4.04. The molecule has 1 rings (SSSR count). The van der Waals surface area contributed by atoms with Crippen LogP contribution in [0.1, 0.15) is 0 Å². The van der Waals surface area contributed by atoms with E-state index in [4.69, 9.17) is 16.3 Å². The Hall–Kier alpha value is -0.543. The molecule has 14 heavy (non-hydrogen) atoms. The normalized spacial score (nSPS) is 11.6. The van der Waals surface area contributed by atoms with Crippen molar-refractivity contribution < 1.29 is 9.13 Å². The number of ether oxygens (including phenoxy) is 1. The van der Waals surface area contributed by atoms with Gasteiger partial charge in [-0.1, -0.05) is 31.2 Å². The van der Waals surface area contributed by atoms with Crippen LogP contribution in [-0.4, -0.2) is 15.2 Å². The zero-order valence-corrected chi connectivity index (χ0v) is 10.6. The third kappa shape index (κ3) is 2.09. The molecule has 0 fully saturated rings. The maximum atomic E-state index is 13.6. The second-order valence-electron chi connectivity index (χ2n) is 4.19. The summed E-state index contributed by atoms with van der Waals surface area (Å²) in [6.07, 6.45) is 0. The van der Waals surface area contributed by atoms with Gasteiger partial charge >= 0.3 is 0 Å². The van der Waals surface area contributed by atoms with Gasteiger partial charge in [-0.2, -0.15) is 0 Å². The van der Waals surface area contributed by atoms with E-state index in [2.05, 4.69) is 19.6 Å². The number of hydrogen-bond donors (Lipinski definition) is 0. The first-order valence-electron chi connectivity index (χ1n) is 4.40. The summed E-state index contributed by atoms with van der Waals surface area (Å²) in [7, 11) is -0.222. The monoisotopic (exact) mass is 232 g/mol. The van der Waals surface area contributed by atoms with Crippen LogP contribution in [0.2, 0.25) is 24.7 Å². The van der Waals surface area contributed by atoms with E-state index >= 15 is 0 Å². The van der Waals surface area contributed by atoms with Crippen molar-refractivity contribution in [3.8, 4) is 5.75 Å². The van der Waals surface area contributed by atoms with Gasteiger partial charge in [0, 0.05) is 0 Å². The first kappa shape index (κ1) is 11.5. The van der Waals surface area contributed by atoms with Crippen LogP contribution in [0.5, 0.6) is 5.75 Å². The fourth-order valence-electron chi connectivity index (χ4n) is 1.38. The molecule has 0 aliphatic heterocycles. The molecule has 0 heterocycles. The van der Waals surface area contributed by atoms with E-state index < -0.39 is 8.07 Å². The average Bonchev–Trinajstić information content (AvgIpc) is 2.02. The van der Waals surface area contributed by atoms with E-state index in [0.717, 1.165) is 0 Å². The number of hydrogen-bond acceptors (Lipinski definition) is 1. The Kier molecular flexibility index (Phi) is 3.22. The molecule has 0 aliphatic rings. The molecule has 0 saturated carbocycles. The third-order valence-corrected chi connectivity index (χ3v) is 4.55. The molecule has 0 aliphatic carbocycles. The van der Waals surface area contributed by atoms with Crippen molar-refractivity contribution in [1.29, 1.82) is 0 Å². The Labute approximate surface area is 89.9 Å². The molecule has 1 aromatic carbocycles. The van der Waals surface area contributed by atoms with Gasteiger partial charge in [0.2, 0.25) is 0 Å². The van der Waals surface area contributed by atoms with Crippen molar-refractivity contribution in [2.45, 2.75) is 19.6 Å². The summed E-state index contributed by atoms with van der Waals surface area (Å²) < 4.78 is 18.6. The van der Waals surface area contributed by atoms with Crippen LogP contribution >= 0.6 is 11.6 Å². The molecule has 0 radical (unpaired) electrons. The zero-order chi connectivity index (χ0) is 10.9. The van der Waals surface area contributed by atoms with Gasteiger partial charge in [0.05, 0.1) is 20.2 Å². The Morgan fingerprint density at radius 1 is 1.29 bits per heavy atom. The minimum Gasteiger partial charge on any atom is -0.495 e. The molecule has 4 heteroatoms. The summed E-state index contributed by atoms with van der Waals surface area (Å²) in [5.74, 6) is 0.320. The first-order valence-corrected chi connectivity index (χ1v) is 8.28. The summed E-state index contributed by atoms with van der Waals surface area (Å²) in [5.41, 5.74) is 0. The molecular formula is C10H14ClFOSi. The van der Waals surface area contributed by atoms with Gasteiger partial charge in [0.1, 0.15) is 11.6 Å². The Morgan fingerprint density at radius 3 is 2.29 bits per heavy atom. The van der Waals surface area contributed by atoms with Crippen LogP contribution in [0.4, 0.5) is 4.39 Å². The minimum absolute atomic E-state index is 0.227. The van der Waals surface area contributed by atoms with Crippen molar-refractivity contribution in [2.75, 3.05) is 7.11 Å². The predicted octanol–water partition coefficient (Wildman–Crippen LogP) is 3.03. The highest BCUT2D eigenvalue weighted by atomic mass is 35.5. The molecule has 0 spiro atoms. The number of halogens is 2.